The second-order valence-electron chi connectivity index (χ2n) is 4.44. The molecule has 0 atom stereocenters. The molecule has 0 bridgehead atoms. The second kappa shape index (κ2) is 6.64. The van der Waals surface area contributed by atoms with Gasteiger partial charge in [-0.25, -0.2) is 0 Å². The van der Waals surface area contributed by atoms with Gasteiger partial charge in [0.15, 0.2) is 28.9 Å². The van der Waals surface area contributed by atoms with Gasteiger partial charge in [-0.2, -0.15) is 0 Å². The molecule has 1 aliphatic rings. The molecule has 0 radical (unpaired) electrons. The lowest BCUT2D eigenvalue weighted by Gasteiger charge is -2.24. The Bertz CT molecular complexity index is 448. The summed E-state index contributed by atoms with van der Waals surface area (Å²) in [6.07, 6.45) is 0. The molecule has 0 aromatic rings. The smallest absolute Gasteiger partial charge is 0.203 e. The van der Waals surface area contributed by atoms with Crippen LogP contribution in [0.15, 0.2) is 0 Å². The Morgan fingerprint density at radius 1 is 0.900 bits per heavy atom. The average Bonchev–Trinajstić information content (AvgIpc) is 3.11. The number of hydrogen-bond donors (Lipinski definition) is 1. The summed E-state index contributed by atoms with van der Waals surface area (Å²) in [6, 6.07) is 0. The molecule has 1 fully saturated rings. The Morgan fingerprint density at radius 3 is 1.70 bits per heavy atom. The van der Waals surface area contributed by atoms with Crippen molar-refractivity contribution in [3.05, 3.63) is 0 Å². The fourth-order valence-electron chi connectivity index (χ4n) is 1.98. The van der Waals surface area contributed by atoms with Crippen molar-refractivity contribution in [2.75, 3.05) is 13.1 Å². The van der Waals surface area contributed by atoms with Gasteiger partial charge in [-0.15, -0.1) is 0 Å². The van der Waals surface area contributed by atoms with Crippen LogP contribution in [0, 0.1) is 5.41 Å². The zero-order valence-corrected chi connectivity index (χ0v) is 13.0. The molecule has 0 aliphatic carbocycles. The third-order valence-electron chi connectivity index (χ3n) is 3.04. The molecule has 1 rings (SSSR count). The highest BCUT2D eigenvalue weighted by Gasteiger charge is 2.51. The summed E-state index contributed by atoms with van der Waals surface area (Å²) < 4.78 is -0.101. The number of carbonyl (C=O) groups excluding carboxylic acids is 5. The minimum absolute atomic E-state index is 0.0276. The van der Waals surface area contributed by atoms with Gasteiger partial charge in [-0.3, -0.25) is 24.0 Å². The monoisotopic (exact) mass is 317 g/mol. The molecule has 1 aliphatic heterocycles. The molecular formula is C12H15NO5S2. The Balaban J connectivity index is 2.73. The molecule has 1 heterocycles. The van der Waals surface area contributed by atoms with Crippen molar-refractivity contribution in [2.24, 2.45) is 5.41 Å². The van der Waals surface area contributed by atoms with E-state index in [1.165, 1.54) is 21.6 Å². The highest BCUT2D eigenvalue weighted by atomic mass is 33.2. The largest absolute Gasteiger partial charge is 0.303 e. The van der Waals surface area contributed by atoms with Crippen LogP contribution in [0.4, 0.5) is 0 Å². The van der Waals surface area contributed by atoms with Gasteiger partial charge in [0, 0.05) is 0 Å². The van der Waals surface area contributed by atoms with Crippen LogP contribution in [0.1, 0.15) is 20.8 Å². The molecule has 110 valence electrons. The highest BCUT2D eigenvalue weighted by molar-refractivity contribution is 8.93. The third kappa shape index (κ3) is 3.36. The molecule has 1 N–H and O–H groups in total. The maximum Gasteiger partial charge on any atom is 0.203 e. The highest BCUT2D eigenvalue weighted by Crippen LogP contribution is 2.53. The lowest BCUT2D eigenvalue weighted by molar-refractivity contribution is -0.152. The summed E-state index contributed by atoms with van der Waals surface area (Å²) in [5.74, 6) is -3.24. The predicted molar refractivity (Wildman–Crippen MR) is 76.3 cm³/mol. The topological polar surface area (TPSA) is 97.4 Å². The minimum atomic E-state index is -2.24. The fraction of sp³-hybridized carbons (Fsp3) is 0.583. The van der Waals surface area contributed by atoms with Crippen molar-refractivity contribution in [3.8, 4) is 0 Å². The summed E-state index contributed by atoms with van der Waals surface area (Å²) >= 11 is 0. The average molecular weight is 317 g/mol. The van der Waals surface area contributed by atoms with E-state index in [0.717, 1.165) is 20.8 Å². The van der Waals surface area contributed by atoms with E-state index in [2.05, 4.69) is 5.32 Å². The molecular weight excluding hydrogens is 302 g/mol. The Labute approximate surface area is 124 Å². The van der Waals surface area contributed by atoms with Gasteiger partial charge >= 0.3 is 0 Å². The van der Waals surface area contributed by atoms with E-state index in [0.29, 0.717) is 0 Å². The summed E-state index contributed by atoms with van der Waals surface area (Å²) in [6.45, 7) is 2.74. The van der Waals surface area contributed by atoms with Gasteiger partial charge in [0.1, 0.15) is 4.58 Å². The zero-order valence-electron chi connectivity index (χ0n) is 11.3. The van der Waals surface area contributed by atoms with Crippen molar-refractivity contribution in [1.29, 1.82) is 0 Å². The summed E-state index contributed by atoms with van der Waals surface area (Å²) in [4.78, 5) is 58.5. The Kier molecular flexibility index (Phi) is 5.67. The molecule has 1 saturated heterocycles. The molecule has 0 unspecified atom stereocenters. The lowest BCUT2D eigenvalue weighted by Crippen LogP contribution is -2.53. The first-order valence-electron chi connectivity index (χ1n) is 5.86. The van der Waals surface area contributed by atoms with Gasteiger partial charge in [-0.1, -0.05) is 21.6 Å². The van der Waals surface area contributed by atoms with Gasteiger partial charge in [0.05, 0.1) is 13.1 Å². The lowest BCUT2D eigenvalue weighted by atomic mass is 9.73. The molecule has 0 aromatic carbocycles. The normalized spacial score (nSPS) is 14.8. The molecule has 8 heteroatoms. The first kappa shape index (κ1) is 17.1. The molecule has 0 spiro atoms. The Hall–Kier alpha value is -0.990. The van der Waals surface area contributed by atoms with Crippen LogP contribution in [-0.4, -0.2) is 46.6 Å². The number of nitrogens with one attached hydrogen (secondary N) is 1. The molecule has 0 saturated carbocycles. The number of hydrogen-bond acceptors (Lipinski definition) is 8. The van der Waals surface area contributed by atoms with Gasteiger partial charge in [-0.05, 0) is 20.8 Å². The number of Topliss-reactive ketones (excluding diaryl/α,β-unsaturated/α-hetero) is 5. The van der Waals surface area contributed by atoms with Gasteiger partial charge < -0.3 is 5.32 Å². The van der Waals surface area contributed by atoms with Crippen LogP contribution in [0.5, 0.6) is 0 Å². The van der Waals surface area contributed by atoms with Crippen molar-refractivity contribution in [3.63, 3.8) is 0 Å². The van der Waals surface area contributed by atoms with Crippen LogP contribution in [0.2, 0.25) is 0 Å². The van der Waals surface area contributed by atoms with E-state index >= 15 is 0 Å². The molecule has 0 aromatic heterocycles. The van der Waals surface area contributed by atoms with Crippen LogP contribution < -0.4 is 5.32 Å². The van der Waals surface area contributed by atoms with E-state index in [9.17, 15) is 24.0 Å². The molecule has 20 heavy (non-hydrogen) atoms. The maximum absolute atomic E-state index is 12.1. The molecule has 0 amide bonds. The van der Waals surface area contributed by atoms with Crippen LogP contribution >= 0.6 is 21.6 Å². The van der Waals surface area contributed by atoms with E-state index in [1.54, 1.807) is 0 Å². The van der Waals surface area contributed by atoms with E-state index in [-0.39, 0.29) is 23.5 Å². The number of rotatable bonds is 9. The second-order valence-corrected chi connectivity index (χ2v) is 7.22. The number of ketones is 5. The first-order valence-corrected chi connectivity index (χ1v) is 8.14. The number of carbonyl (C=O) groups is 5. The SMILES string of the molecule is CC(=O)C(C(C)=O)(C(C)=O)C(=O)CNCC(=O)C1SS1. The van der Waals surface area contributed by atoms with Crippen molar-refractivity contribution in [2.45, 2.75) is 25.4 Å². The van der Waals surface area contributed by atoms with Gasteiger partial charge in [0.2, 0.25) is 5.41 Å². The Morgan fingerprint density at radius 2 is 1.35 bits per heavy atom. The standard InChI is InChI=1S/C12H15NO5S2/c1-6(14)12(7(2)15,8(3)16)10(18)5-13-4-9(17)11-19-20-11/h11,13H,4-5H2,1-3H3. The van der Waals surface area contributed by atoms with Crippen molar-refractivity contribution < 1.29 is 24.0 Å². The fourth-order valence-corrected chi connectivity index (χ4v) is 3.23. The summed E-state index contributed by atoms with van der Waals surface area (Å²) in [7, 11) is 2.87. The van der Waals surface area contributed by atoms with Crippen LogP contribution in [0.3, 0.4) is 0 Å². The van der Waals surface area contributed by atoms with Crippen molar-refractivity contribution >= 4 is 50.5 Å². The third-order valence-corrected chi connectivity index (χ3v) is 5.11. The van der Waals surface area contributed by atoms with Crippen molar-refractivity contribution in [1.82, 2.24) is 5.32 Å². The van der Waals surface area contributed by atoms with E-state index < -0.39 is 28.5 Å². The summed E-state index contributed by atoms with van der Waals surface area (Å²) in [5.41, 5.74) is -2.24. The van der Waals surface area contributed by atoms with Crippen LogP contribution in [0.25, 0.3) is 0 Å². The zero-order chi connectivity index (χ0) is 15.5. The van der Waals surface area contributed by atoms with E-state index in [4.69, 9.17) is 0 Å². The predicted octanol–water partition coefficient (Wildman–Crippen LogP) is 0.189. The van der Waals surface area contributed by atoms with E-state index in [1.807, 2.05) is 0 Å². The van der Waals surface area contributed by atoms with Crippen LogP contribution in [-0.2, 0) is 24.0 Å². The summed E-state index contributed by atoms with van der Waals surface area (Å²) in [5, 5.41) is 2.59. The molecule has 6 nitrogen and oxygen atoms in total. The quantitative estimate of drug-likeness (QED) is 0.366. The first-order chi connectivity index (χ1) is 9.24. The maximum atomic E-state index is 12.1. The minimum Gasteiger partial charge on any atom is -0.303 e. The van der Waals surface area contributed by atoms with Gasteiger partial charge in [0.25, 0.3) is 0 Å².